The fourth-order valence-corrected chi connectivity index (χ4v) is 5.57. The van der Waals surface area contributed by atoms with Crippen LogP contribution in [-0.4, -0.2) is 68.6 Å². The summed E-state index contributed by atoms with van der Waals surface area (Å²) >= 11 is 6.50. The van der Waals surface area contributed by atoms with E-state index in [9.17, 15) is 24.6 Å². The van der Waals surface area contributed by atoms with Crippen molar-refractivity contribution in [1.82, 2.24) is 0 Å². The molecule has 1 aliphatic rings. The Hall–Kier alpha value is -4.32. The number of anilines is 2. The standard InChI is InChI=1S/C35H41ClN2O9/c1-34(2,19-39)18-38-25-13-12-21(36)16-23(25)30(22-9-8-10-27(45-6)31(22)46-7)47-28(32(38)41)17-29(40)37-24-15-20(11-14-26(24)44-5)35(3,4)33(42)43/h8-16,28,30,39H,17-19H2,1-7H3,(H,37,40)(H,42,43). The van der Waals surface area contributed by atoms with Crippen molar-refractivity contribution in [2.45, 2.75) is 51.7 Å². The van der Waals surface area contributed by atoms with E-state index in [0.29, 0.717) is 44.6 Å². The van der Waals surface area contributed by atoms with E-state index >= 15 is 0 Å². The second kappa shape index (κ2) is 14.2. The molecule has 11 nitrogen and oxygen atoms in total. The highest BCUT2D eigenvalue weighted by Crippen LogP contribution is 2.46. The van der Waals surface area contributed by atoms with Crippen molar-refractivity contribution >= 4 is 40.8 Å². The summed E-state index contributed by atoms with van der Waals surface area (Å²) in [7, 11) is 4.44. The van der Waals surface area contributed by atoms with Crippen LogP contribution in [0.15, 0.2) is 54.6 Å². The number of hydrogen-bond acceptors (Lipinski definition) is 8. The van der Waals surface area contributed by atoms with Gasteiger partial charge in [0.15, 0.2) is 11.5 Å². The van der Waals surface area contributed by atoms with Gasteiger partial charge in [-0.15, -0.1) is 0 Å². The van der Waals surface area contributed by atoms with Gasteiger partial charge in [-0.2, -0.15) is 0 Å². The zero-order chi connectivity index (χ0) is 34.7. The number of ether oxygens (including phenoxy) is 4. The number of carboxylic acids is 1. The lowest BCUT2D eigenvalue weighted by atomic mass is 9.84. The van der Waals surface area contributed by atoms with E-state index in [4.69, 9.17) is 30.5 Å². The van der Waals surface area contributed by atoms with Gasteiger partial charge in [-0.25, -0.2) is 0 Å². The highest BCUT2D eigenvalue weighted by molar-refractivity contribution is 6.30. The van der Waals surface area contributed by atoms with Crippen LogP contribution in [0.2, 0.25) is 5.02 Å². The summed E-state index contributed by atoms with van der Waals surface area (Å²) in [6, 6.07) is 15.1. The number of carbonyl (C=O) groups excluding carboxylic acids is 2. The summed E-state index contributed by atoms with van der Waals surface area (Å²) in [5.41, 5.74) is 0.327. The molecule has 3 aromatic carbocycles. The van der Waals surface area contributed by atoms with E-state index in [1.54, 1.807) is 68.4 Å². The summed E-state index contributed by atoms with van der Waals surface area (Å²) in [6.45, 7) is 6.66. The van der Waals surface area contributed by atoms with Crippen LogP contribution in [0, 0.1) is 5.41 Å². The number of fused-ring (bicyclic) bond motifs is 1. The van der Waals surface area contributed by atoms with Crippen LogP contribution in [0.4, 0.5) is 11.4 Å². The minimum atomic E-state index is -1.30. The predicted molar refractivity (Wildman–Crippen MR) is 178 cm³/mol. The van der Waals surface area contributed by atoms with Gasteiger partial charge in [0.25, 0.3) is 5.91 Å². The molecule has 0 aromatic heterocycles. The summed E-state index contributed by atoms with van der Waals surface area (Å²) in [5, 5.41) is 23.1. The number of carbonyl (C=O) groups is 3. The van der Waals surface area contributed by atoms with Crippen LogP contribution in [0.5, 0.6) is 17.2 Å². The molecule has 4 rings (SSSR count). The number of methoxy groups -OCH3 is 3. The third-order valence-electron chi connectivity index (χ3n) is 8.24. The van der Waals surface area contributed by atoms with Gasteiger partial charge < -0.3 is 39.4 Å². The van der Waals surface area contributed by atoms with Crippen LogP contribution in [0.3, 0.4) is 0 Å². The summed E-state index contributed by atoms with van der Waals surface area (Å²) < 4.78 is 23.3. The first-order valence-corrected chi connectivity index (χ1v) is 15.3. The van der Waals surface area contributed by atoms with E-state index in [0.717, 1.165) is 0 Å². The third-order valence-corrected chi connectivity index (χ3v) is 8.47. The summed E-state index contributed by atoms with van der Waals surface area (Å²) in [6.07, 6.45) is -2.64. The van der Waals surface area contributed by atoms with Gasteiger partial charge in [0.1, 0.15) is 18.0 Å². The summed E-state index contributed by atoms with van der Waals surface area (Å²) in [5.74, 6) is -0.980. The van der Waals surface area contributed by atoms with Gasteiger partial charge in [0.05, 0.1) is 38.9 Å². The molecule has 47 heavy (non-hydrogen) atoms. The first-order chi connectivity index (χ1) is 22.2. The van der Waals surface area contributed by atoms with Gasteiger partial charge >= 0.3 is 5.97 Å². The topological polar surface area (TPSA) is 144 Å². The van der Waals surface area contributed by atoms with Crippen molar-refractivity contribution in [2.24, 2.45) is 5.41 Å². The Morgan fingerprint density at radius 2 is 1.66 bits per heavy atom. The molecular formula is C35H41ClN2O9. The molecule has 2 atom stereocenters. The number of amides is 2. The van der Waals surface area contributed by atoms with E-state index in [1.165, 1.54) is 26.2 Å². The average molecular weight is 669 g/mol. The Bertz CT molecular complexity index is 1660. The van der Waals surface area contributed by atoms with Crippen molar-refractivity contribution in [3.05, 3.63) is 76.3 Å². The number of aliphatic hydroxyl groups excluding tert-OH is 1. The Labute approximate surface area is 279 Å². The smallest absolute Gasteiger partial charge is 0.313 e. The van der Waals surface area contributed by atoms with Gasteiger partial charge in [0.2, 0.25) is 5.91 Å². The number of halogens is 1. The average Bonchev–Trinajstić information content (AvgIpc) is 3.14. The molecule has 252 valence electrons. The molecule has 0 aliphatic carbocycles. The molecule has 0 fully saturated rings. The van der Waals surface area contributed by atoms with Crippen LogP contribution in [0.1, 0.15) is 56.9 Å². The van der Waals surface area contributed by atoms with Crippen LogP contribution >= 0.6 is 11.6 Å². The monoisotopic (exact) mass is 668 g/mol. The normalized spacial score (nSPS) is 16.6. The molecule has 0 saturated heterocycles. The molecule has 3 N–H and O–H groups in total. The van der Waals surface area contributed by atoms with E-state index in [-0.39, 0.29) is 18.8 Å². The number of carboxylic acid groups (broad SMARTS) is 1. The van der Waals surface area contributed by atoms with Crippen molar-refractivity contribution in [2.75, 3.05) is 44.7 Å². The molecule has 3 aromatic rings. The first-order valence-electron chi connectivity index (χ1n) is 15.0. The number of aliphatic carboxylic acids is 1. The zero-order valence-electron chi connectivity index (χ0n) is 27.5. The Kier molecular flexibility index (Phi) is 10.7. The highest BCUT2D eigenvalue weighted by atomic mass is 35.5. The minimum absolute atomic E-state index is 0.112. The Morgan fingerprint density at radius 3 is 2.28 bits per heavy atom. The van der Waals surface area contributed by atoms with E-state index < -0.39 is 47.2 Å². The van der Waals surface area contributed by atoms with Gasteiger partial charge in [0, 0.05) is 40.4 Å². The van der Waals surface area contributed by atoms with Crippen molar-refractivity contribution in [3.63, 3.8) is 0 Å². The lowest BCUT2D eigenvalue weighted by Crippen LogP contribution is -2.46. The molecule has 0 bridgehead atoms. The van der Waals surface area contributed by atoms with Crippen molar-refractivity contribution < 1.29 is 43.5 Å². The number of benzene rings is 3. The molecule has 12 heteroatoms. The number of aliphatic hydroxyl groups is 1. The van der Waals surface area contributed by atoms with Crippen molar-refractivity contribution in [1.29, 1.82) is 0 Å². The molecule has 0 saturated carbocycles. The minimum Gasteiger partial charge on any atom is -0.495 e. The molecule has 1 aliphatic heterocycles. The number of para-hydroxylation sites is 1. The number of nitrogens with one attached hydrogen (secondary N) is 1. The fraction of sp³-hybridized carbons (Fsp3) is 0.400. The van der Waals surface area contributed by atoms with Gasteiger partial charge in [-0.1, -0.05) is 43.6 Å². The Morgan fingerprint density at radius 1 is 0.957 bits per heavy atom. The van der Waals surface area contributed by atoms with Crippen LogP contribution in [0.25, 0.3) is 0 Å². The predicted octanol–water partition coefficient (Wildman–Crippen LogP) is 5.60. The molecular weight excluding hydrogens is 628 g/mol. The van der Waals surface area contributed by atoms with Crippen molar-refractivity contribution in [3.8, 4) is 17.2 Å². The largest absolute Gasteiger partial charge is 0.495 e. The lowest BCUT2D eigenvalue weighted by molar-refractivity contribution is -0.142. The second-order valence-electron chi connectivity index (χ2n) is 12.6. The van der Waals surface area contributed by atoms with Gasteiger partial charge in [-0.05, 0) is 55.8 Å². The SMILES string of the molecule is COc1ccc(C(C)(C)C(=O)O)cc1NC(=O)CC1OC(c2cccc(OC)c2OC)c2cc(Cl)ccc2N(CC(C)(C)CO)C1=O. The maximum Gasteiger partial charge on any atom is 0.313 e. The van der Waals surface area contributed by atoms with Crippen LogP contribution in [-0.2, 0) is 24.5 Å². The fourth-order valence-electron chi connectivity index (χ4n) is 5.39. The maximum atomic E-state index is 14.4. The van der Waals surface area contributed by atoms with Crippen LogP contribution < -0.4 is 24.4 Å². The van der Waals surface area contributed by atoms with E-state index in [2.05, 4.69) is 5.32 Å². The first kappa shape index (κ1) is 35.5. The molecule has 0 radical (unpaired) electrons. The second-order valence-corrected chi connectivity index (χ2v) is 13.1. The summed E-state index contributed by atoms with van der Waals surface area (Å²) in [4.78, 5) is 41.5. The van der Waals surface area contributed by atoms with Gasteiger partial charge in [-0.3, -0.25) is 14.4 Å². The number of nitrogens with zero attached hydrogens (tertiary/aromatic N) is 1. The Balaban J connectivity index is 1.81. The lowest BCUT2D eigenvalue weighted by Gasteiger charge is -2.32. The van der Waals surface area contributed by atoms with E-state index in [1.807, 2.05) is 13.8 Å². The maximum absolute atomic E-state index is 14.4. The number of rotatable bonds is 12. The third kappa shape index (κ3) is 7.48. The zero-order valence-corrected chi connectivity index (χ0v) is 28.3. The molecule has 1 heterocycles. The molecule has 0 spiro atoms. The highest BCUT2D eigenvalue weighted by Gasteiger charge is 2.41. The number of hydrogen-bond donors (Lipinski definition) is 3. The quantitative estimate of drug-likeness (QED) is 0.225. The molecule has 2 amide bonds. The molecule has 2 unspecified atom stereocenters.